The molecule has 1 saturated carbocycles. The topological polar surface area (TPSA) is 99.2 Å². The minimum atomic E-state index is -1.61. The van der Waals surface area contributed by atoms with E-state index in [2.05, 4.69) is 0 Å². The molecular formula is C43H32ClNO7. The largest absolute Gasteiger partial charge is 0.497 e. The summed E-state index contributed by atoms with van der Waals surface area (Å²) in [4.78, 5) is 60.5. The summed E-state index contributed by atoms with van der Waals surface area (Å²) in [6, 6.07) is 37.7. The van der Waals surface area contributed by atoms with Crippen molar-refractivity contribution in [3.63, 3.8) is 0 Å². The van der Waals surface area contributed by atoms with Crippen molar-refractivity contribution < 1.29 is 33.4 Å². The molecule has 8 nitrogen and oxygen atoms in total. The number of rotatable bonds is 8. The van der Waals surface area contributed by atoms with Crippen molar-refractivity contribution in [1.82, 2.24) is 0 Å². The first kappa shape index (κ1) is 33.2. The average molecular weight is 710 g/mol. The van der Waals surface area contributed by atoms with E-state index in [0.29, 0.717) is 44.9 Å². The Balaban J connectivity index is 1.51. The number of methoxy groups -OCH3 is 3. The fourth-order valence-corrected chi connectivity index (χ4v) is 9.01. The maximum absolute atomic E-state index is 16.1. The minimum Gasteiger partial charge on any atom is -0.497 e. The number of ketones is 1. The van der Waals surface area contributed by atoms with Crippen LogP contribution in [0.3, 0.4) is 0 Å². The van der Waals surface area contributed by atoms with E-state index in [4.69, 9.17) is 25.8 Å². The van der Waals surface area contributed by atoms with Gasteiger partial charge in [-0.05, 0) is 75.9 Å². The van der Waals surface area contributed by atoms with Crippen LogP contribution < -0.4 is 14.4 Å². The molecule has 0 aromatic heterocycles. The molecule has 9 heteroatoms. The van der Waals surface area contributed by atoms with Gasteiger partial charge in [-0.3, -0.25) is 14.4 Å². The predicted molar refractivity (Wildman–Crippen MR) is 196 cm³/mol. The van der Waals surface area contributed by atoms with Crippen molar-refractivity contribution in [2.24, 2.45) is 11.8 Å². The number of carbonyl (C=O) groups is 4. The van der Waals surface area contributed by atoms with E-state index in [1.54, 1.807) is 14.2 Å². The quantitative estimate of drug-likeness (QED) is 0.123. The second-order valence-corrected chi connectivity index (χ2v) is 13.4. The number of ether oxygens (including phenoxy) is 3. The summed E-state index contributed by atoms with van der Waals surface area (Å²) in [5, 5.41) is 0.108. The Morgan fingerprint density at radius 2 is 1.06 bits per heavy atom. The lowest BCUT2D eigenvalue weighted by atomic mass is 9.59. The van der Waals surface area contributed by atoms with Crippen molar-refractivity contribution in [1.29, 1.82) is 0 Å². The highest BCUT2D eigenvalue weighted by Gasteiger charge is 2.82. The van der Waals surface area contributed by atoms with Crippen LogP contribution in [0, 0.1) is 11.8 Å². The number of fused-ring (bicyclic) bond motifs is 5. The van der Waals surface area contributed by atoms with Crippen molar-refractivity contribution in [2.45, 2.75) is 10.8 Å². The summed E-state index contributed by atoms with van der Waals surface area (Å²) in [6.07, 6.45) is 0. The Morgan fingerprint density at radius 3 is 1.46 bits per heavy atom. The Morgan fingerprint density at radius 1 is 0.615 bits per heavy atom. The number of esters is 1. The normalized spacial score (nSPS) is 23.2. The van der Waals surface area contributed by atoms with E-state index >= 15 is 14.4 Å². The van der Waals surface area contributed by atoms with Crippen molar-refractivity contribution >= 4 is 52.0 Å². The molecule has 2 amide bonds. The molecule has 8 rings (SSSR count). The van der Waals surface area contributed by atoms with Gasteiger partial charge < -0.3 is 14.2 Å². The second kappa shape index (κ2) is 12.4. The average Bonchev–Trinajstić information content (AvgIpc) is 3.70. The van der Waals surface area contributed by atoms with Gasteiger partial charge in [0.15, 0.2) is 5.78 Å². The standard InChI is InChI=1S/C43H32ClNO7/c1-50-30-19-14-25(15-20-30)34-35(26-16-21-31(51-2)22-17-26)43(28-12-8-5-9-13-28)37-36(42(34,41(43)49)27-10-6-4-7-11-27)38(46)45(39(37)47)29-18-23-33(44)32(24-29)40(48)52-3/h4-24,36-37H,1-3H3/t36-,37-,42+,43+/m1/s1. The third kappa shape index (κ3) is 4.34. The fraction of sp³-hybridized carbons (Fsp3) is 0.163. The number of benzene rings is 5. The summed E-state index contributed by atoms with van der Waals surface area (Å²) in [5.74, 6) is -3.12. The molecule has 1 aliphatic heterocycles. The SMILES string of the molecule is COC(=O)c1cc(N2C(=O)[C@H]3[C@H](C2=O)[C@@]2(c4ccccc4)C(=O)[C@@]3(c3ccccc3)C(c3ccc(OC)cc3)=C2c2ccc(OC)cc2)ccc1Cl. The van der Waals surface area contributed by atoms with Gasteiger partial charge >= 0.3 is 5.97 Å². The molecule has 5 aromatic carbocycles. The Labute approximate surface area is 305 Å². The Kier molecular flexibility index (Phi) is 7.88. The van der Waals surface area contributed by atoms with Crippen LogP contribution in [0.4, 0.5) is 5.69 Å². The number of allylic oxidation sites excluding steroid dienone is 2. The number of carbonyl (C=O) groups excluding carboxylic acids is 4. The smallest absolute Gasteiger partial charge is 0.339 e. The summed E-state index contributed by atoms with van der Waals surface area (Å²) >= 11 is 6.38. The number of imide groups is 1. The molecule has 2 bridgehead atoms. The van der Waals surface area contributed by atoms with Gasteiger partial charge in [0.05, 0.1) is 60.3 Å². The maximum Gasteiger partial charge on any atom is 0.339 e. The molecule has 1 heterocycles. The maximum atomic E-state index is 16.1. The first-order valence-corrected chi connectivity index (χ1v) is 17.1. The number of hydrogen-bond donors (Lipinski definition) is 0. The lowest BCUT2D eigenvalue weighted by molar-refractivity contribution is -0.130. The number of amides is 2. The van der Waals surface area contributed by atoms with Crippen LogP contribution in [0.1, 0.15) is 32.6 Å². The number of anilines is 1. The first-order valence-electron chi connectivity index (χ1n) is 16.7. The number of nitrogens with zero attached hydrogens (tertiary/aromatic N) is 1. The van der Waals surface area contributed by atoms with Gasteiger partial charge in [0.1, 0.15) is 11.5 Å². The molecule has 2 aliphatic carbocycles. The van der Waals surface area contributed by atoms with Crippen molar-refractivity contribution in [2.75, 3.05) is 26.2 Å². The van der Waals surface area contributed by atoms with Gasteiger partial charge in [-0.2, -0.15) is 0 Å². The second-order valence-electron chi connectivity index (χ2n) is 13.0. The van der Waals surface area contributed by atoms with Gasteiger partial charge in [-0.25, -0.2) is 9.69 Å². The number of hydrogen-bond acceptors (Lipinski definition) is 7. The van der Waals surface area contributed by atoms with E-state index < -0.39 is 40.4 Å². The zero-order chi connectivity index (χ0) is 36.4. The Bertz CT molecular complexity index is 2180. The van der Waals surface area contributed by atoms with Gasteiger partial charge in [0, 0.05) is 0 Å². The van der Waals surface area contributed by atoms with Gasteiger partial charge in [0.2, 0.25) is 11.8 Å². The van der Waals surface area contributed by atoms with E-state index in [9.17, 15) is 4.79 Å². The van der Waals surface area contributed by atoms with Crippen LogP contribution in [-0.2, 0) is 30.0 Å². The molecule has 3 aliphatic rings. The monoisotopic (exact) mass is 709 g/mol. The molecule has 1 saturated heterocycles. The third-order valence-electron chi connectivity index (χ3n) is 10.8. The van der Waals surface area contributed by atoms with Crippen LogP contribution in [0.5, 0.6) is 11.5 Å². The number of Topliss-reactive ketones (excluding diaryl/α,β-unsaturated/α-hetero) is 1. The molecule has 52 heavy (non-hydrogen) atoms. The zero-order valence-corrected chi connectivity index (χ0v) is 29.2. The van der Waals surface area contributed by atoms with Gasteiger partial charge in [-0.1, -0.05) is 96.5 Å². The molecule has 0 unspecified atom stereocenters. The third-order valence-corrected chi connectivity index (χ3v) is 11.2. The first-order chi connectivity index (χ1) is 25.2. The highest BCUT2D eigenvalue weighted by Crippen LogP contribution is 2.74. The summed E-state index contributed by atoms with van der Waals surface area (Å²) in [5.41, 5.74) is 0.820. The predicted octanol–water partition coefficient (Wildman–Crippen LogP) is 7.33. The summed E-state index contributed by atoms with van der Waals surface area (Å²) in [6.45, 7) is 0. The lowest BCUT2D eigenvalue weighted by Crippen LogP contribution is -2.45. The van der Waals surface area contributed by atoms with Crippen molar-refractivity contribution in [3.8, 4) is 11.5 Å². The van der Waals surface area contributed by atoms with E-state index in [0.717, 1.165) is 4.90 Å². The Hall–Kier alpha value is -5.99. The van der Waals surface area contributed by atoms with Gasteiger partial charge in [0.25, 0.3) is 0 Å². The highest BCUT2D eigenvalue weighted by atomic mass is 35.5. The highest BCUT2D eigenvalue weighted by molar-refractivity contribution is 6.39. The van der Waals surface area contributed by atoms with E-state index in [1.807, 2.05) is 109 Å². The molecular weight excluding hydrogens is 678 g/mol. The van der Waals surface area contributed by atoms with Crippen molar-refractivity contribution in [3.05, 3.63) is 160 Å². The van der Waals surface area contributed by atoms with E-state index in [-0.39, 0.29) is 22.1 Å². The molecule has 4 atom stereocenters. The van der Waals surface area contributed by atoms with Gasteiger partial charge in [-0.15, -0.1) is 0 Å². The fourth-order valence-electron chi connectivity index (χ4n) is 8.81. The molecule has 0 spiro atoms. The molecule has 0 N–H and O–H groups in total. The van der Waals surface area contributed by atoms with Crippen LogP contribution in [0.2, 0.25) is 5.02 Å². The lowest BCUT2D eigenvalue weighted by Gasteiger charge is -2.39. The molecule has 5 aromatic rings. The van der Waals surface area contributed by atoms with Crippen LogP contribution >= 0.6 is 11.6 Å². The molecule has 258 valence electrons. The summed E-state index contributed by atoms with van der Waals surface area (Å²) in [7, 11) is 4.39. The zero-order valence-electron chi connectivity index (χ0n) is 28.5. The minimum absolute atomic E-state index is 0.00453. The van der Waals surface area contributed by atoms with Crippen LogP contribution in [0.15, 0.2) is 127 Å². The number of halogens is 1. The van der Waals surface area contributed by atoms with E-state index in [1.165, 1.54) is 25.3 Å². The van der Waals surface area contributed by atoms with Crippen LogP contribution in [0.25, 0.3) is 11.1 Å². The summed E-state index contributed by atoms with van der Waals surface area (Å²) < 4.78 is 16.0. The molecule has 2 fully saturated rings. The van der Waals surface area contributed by atoms with Crippen LogP contribution in [-0.4, -0.2) is 44.9 Å². The molecule has 0 radical (unpaired) electrons.